The van der Waals surface area contributed by atoms with Gasteiger partial charge in [-0.25, -0.2) is 0 Å². The van der Waals surface area contributed by atoms with Gasteiger partial charge in [0.25, 0.3) is 0 Å². The molecule has 0 heterocycles. The maximum absolute atomic E-state index is 9.56. The van der Waals surface area contributed by atoms with Gasteiger partial charge in [0.05, 0.1) is 0 Å². The molecule has 2 nitrogen and oxygen atoms in total. The molecule has 0 saturated carbocycles. The summed E-state index contributed by atoms with van der Waals surface area (Å²) >= 11 is 0. The first-order chi connectivity index (χ1) is 3.41. The number of unbranched alkanes of at least 4 members (excludes halogenated alkanes) is 2. The summed E-state index contributed by atoms with van der Waals surface area (Å²) in [5.41, 5.74) is 0. The number of rotatable bonds is 4. The highest BCUT2D eigenvalue weighted by Crippen LogP contribution is 1.85. The third kappa shape index (κ3) is 45.1. The number of carbonyl (C=O) groups is 2. The average molecular weight is 164 g/mol. The lowest BCUT2D eigenvalue weighted by atomic mass is 10.3. The maximum atomic E-state index is 9.56. The normalized spacial score (nSPS) is 5.09. The summed E-state index contributed by atoms with van der Waals surface area (Å²) in [6, 6.07) is 0. The number of aldehydes is 2. The molecule has 0 aliphatic carbocycles. The molecule has 0 unspecified atom stereocenters. The second kappa shape index (κ2) is 34.5. The molecule has 0 aliphatic rings. The first-order valence-electron chi connectivity index (χ1n) is 2.29. The van der Waals surface area contributed by atoms with Gasteiger partial charge in [0, 0.05) is 12.8 Å². The van der Waals surface area contributed by atoms with Crippen molar-refractivity contribution in [3.05, 3.63) is 0 Å². The van der Waals surface area contributed by atoms with Gasteiger partial charge in [-0.3, -0.25) is 0 Å². The van der Waals surface area contributed by atoms with Crippen molar-refractivity contribution in [2.24, 2.45) is 0 Å². The van der Waals surface area contributed by atoms with Crippen LogP contribution in [0.2, 0.25) is 0 Å². The molecule has 0 aliphatic heterocycles. The van der Waals surface area contributed by atoms with Crippen molar-refractivity contribution in [2.75, 3.05) is 0 Å². The van der Waals surface area contributed by atoms with E-state index in [9.17, 15) is 9.59 Å². The molecule has 0 N–H and O–H groups in total. The summed E-state index contributed by atoms with van der Waals surface area (Å²) in [7, 11) is 0. The van der Waals surface area contributed by atoms with Gasteiger partial charge in [-0.1, -0.05) is 29.7 Å². The summed E-state index contributed by atoms with van der Waals surface area (Å²) in [5, 5.41) is 0. The van der Waals surface area contributed by atoms with E-state index in [-0.39, 0.29) is 29.7 Å². The predicted octanol–water partition coefficient (Wildman–Crippen LogP) is 3.10. The Balaban J connectivity index is -0.0000000300. The van der Waals surface area contributed by atoms with Crippen LogP contribution >= 0.6 is 0 Å². The fraction of sp³-hybridized carbons (Fsp3) is 0.778. The van der Waals surface area contributed by atoms with Crippen molar-refractivity contribution in [1.29, 1.82) is 0 Å². The maximum Gasteiger partial charge on any atom is 0.120 e. The SMILES string of the molecule is C.C.C.C.O=CCCCC=O. The molecular formula is C9H24O2. The Morgan fingerprint density at radius 3 is 1.18 bits per heavy atom. The van der Waals surface area contributed by atoms with Crippen molar-refractivity contribution in [2.45, 2.75) is 49.0 Å². The van der Waals surface area contributed by atoms with Crippen LogP contribution in [0.5, 0.6) is 0 Å². The summed E-state index contributed by atoms with van der Waals surface area (Å²) in [5.74, 6) is 0. The Bertz CT molecular complexity index is 52.6. The molecule has 72 valence electrons. The van der Waals surface area contributed by atoms with Gasteiger partial charge >= 0.3 is 0 Å². The Hall–Kier alpha value is -0.660. The third-order valence-electron chi connectivity index (χ3n) is 0.644. The van der Waals surface area contributed by atoms with E-state index in [0.29, 0.717) is 19.3 Å². The van der Waals surface area contributed by atoms with Crippen molar-refractivity contribution in [1.82, 2.24) is 0 Å². The standard InChI is InChI=1S/C5H8O2.4CH4/c6-4-2-1-3-5-7;;;;/h4-5H,1-3H2;4*1H4. The van der Waals surface area contributed by atoms with Crippen LogP contribution in [0.4, 0.5) is 0 Å². The molecule has 0 spiro atoms. The van der Waals surface area contributed by atoms with E-state index in [1.807, 2.05) is 0 Å². The zero-order valence-corrected chi connectivity index (χ0v) is 4.09. The fourth-order valence-electron chi connectivity index (χ4n) is 0.285. The Labute approximate surface area is 72.0 Å². The average Bonchev–Trinajstić information content (AvgIpc) is 1.69. The molecule has 11 heavy (non-hydrogen) atoms. The number of hydrogen-bond acceptors (Lipinski definition) is 2. The van der Waals surface area contributed by atoms with Crippen LogP contribution in [0.3, 0.4) is 0 Å². The molecule has 0 saturated heterocycles. The summed E-state index contributed by atoms with van der Waals surface area (Å²) in [4.78, 5) is 19.1. The summed E-state index contributed by atoms with van der Waals surface area (Å²) in [6.45, 7) is 0. The zero-order valence-electron chi connectivity index (χ0n) is 4.09. The van der Waals surface area contributed by atoms with Crippen molar-refractivity contribution >= 4 is 12.6 Å². The summed E-state index contributed by atoms with van der Waals surface area (Å²) < 4.78 is 0. The van der Waals surface area contributed by atoms with Crippen LogP contribution < -0.4 is 0 Å². The molecule has 0 radical (unpaired) electrons. The van der Waals surface area contributed by atoms with Gasteiger partial charge in [0.2, 0.25) is 0 Å². The molecular weight excluding hydrogens is 140 g/mol. The van der Waals surface area contributed by atoms with Crippen LogP contribution in [0, 0.1) is 0 Å². The highest BCUT2D eigenvalue weighted by molar-refractivity contribution is 5.52. The lowest BCUT2D eigenvalue weighted by Crippen LogP contribution is -1.76. The quantitative estimate of drug-likeness (QED) is 0.472. The lowest BCUT2D eigenvalue weighted by Gasteiger charge is -1.78. The topological polar surface area (TPSA) is 34.1 Å². The van der Waals surface area contributed by atoms with E-state index in [2.05, 4.69) is 0 Å². The minimum atomic E-state index is 0. The van der Waals surface area contributed by atoms with E-state index < -0.39 is 0 Å². The van der Waals surface area contributed by atoms with Gasteiger partial charge in [-0.2, -0.15) is 0 Å². The van der Waals surface area contributed by atoms with E-state index in [0.717, 1.165) is 12.6 Å². The monoisotopic (exact) mass is 164 g/mol. The van der Waals surface area contributed by atoms with E-state index >= 15 is 0 Å². The van der Waals surface area contributed by atoms with Gasteiger partial charge in [0.15, 0.2) is 0 Å². The van der Waals surface area contributed by atoms with Gasteiger partial charge in [0.1, 0.15) is 12.6 Å². The van der Waals surface area contributed by atoms with Crippen LogP contribution in [0.15, 0.2) is 0 Å². The molecule has 0 bridgehead atoms. The number of carbonyl (C=O) groups excluding carboxylic acids is 2. The molecule has 0 aromatic carbocycles. The largest absolute Gasteiger partial charge is 0.303 e. The fourth-order valence-corrected chi connectivity index (χ4v) is 0.285. The van der Waals surface area contributed by atoms with Gasteiger partial charge in [-0.05, 0) is 6.42 Å². The first kappa shape index (κ1) is 31.6. The Morgan fingerprint density at radius 1 is 0.727 bits per heavy atom. The van der Waals surface area contributed by atoms with Crippen LogP contribution in [0.1, 0.15) is 49.0 Å². The minimum Gasteiger partial charge on any atom is -0.303 e. The molecule has 0 atom stereocenters. The van der Waals surface area contributed by atoms with E-state index in [1.165, 1.54) is 0 Å². The molecule has 0 aromatic rings. The third-order valence-corrected chi connectivity index (χ3v) is 0.644. The Morgan fingerprint density at radius 2 is 1.00 bits per heavy atom. The highest BCUT2D eigenvalue weighted by atomic mass is 16.1. The van der Waals surface area contributed by atoms with Gasteiger partial charge in [-0.15, -0.1) is 0 Å². The second-order valence-electron chi connectivity index (χ2n) is 1.26. The molecule has 0 rings (SSSR count). The van der Waals surface area contributed by atoms with Crippen LogP contribution in [-0.4, -0.2) is 12.6 Å². The minimum absolute atomic E-state index is 0. The van der Waals surface area contributed by atoms with Crippen LogP contribution in [-0.2, 0) is 9.59 Å². The number of hydrogen-bond donors (Lipinski definition) is 0. The highest BCUT2D eigenvalue weighted by Gasteiger charge is 1.80. The molecule has 2 heteroatoms. The van der Waals surface area contributed by atoms with E-state index in [4.69, 9.17) is 0 Å². The first-order valence-corrected chi connectivity index (χ1v) is 2.29. The molecule has 0 fully saturated rings. The zero-order chi connectivity index (χ0) is 5.54. The smallest absolute Gasteiger partial charge is 0.120 e. The van der Waals surface area contributed by atoms with Crippen molar-refractivity contribution in [3.8, 4) is 0 Å². The molecule has 0 aromatic heterocycles. The van der Waals surface area contributed by atoms with Gasteiger partial charge < -0.3 is 9.59 Å². The second-order valence-corrected chi connectivity index (χ2v) is 1.26. The van der Waals surface area contributed by atoms with Crippen molar-refractivity contribution in [3.63, 3.8) is 0 Å². The Kier molecular flexibility index (Phi) is 99.2. The van der Waals surface area contributed by atoms with Crippen molar-refractivity contribution < 1.29 is 9.59 Å². The van der Waals surface area contributed by atoms with E-state index in [1.54, 1.807) is 0 Å². The van der Waals surface area contributed by atoms with Crippen LogP contribution in [0.25, 0.3) is 0 Å². The summed E-state index contributed by atoms with van der Waals surface area (Å²) in [6.07, 6.45) is 3.37. The predicted molar refractivity (Wildman–Crippen MR) is 52.9 cm³/mol. The lowest BCUT2D eigenvalue weighted by molar-refractivity contribution is -0.108. The molecule has 0 amide bonds.